The molecule has 3 N–H and O–H groups in total. The summed E-state index contributed by atoms with van der Waals surface area (Å²) < 4.78 is 10.5. The molecule has 162 valence electrons. The first-order valence-electron chi connectivity index (χ1n) is 10.2. The van der Waals surface area contributed by atoms with E-state index in [1.54, 1.807) is 31.5 Å². The van der Waals surface area contributed by atoms with E-state index in [0.717, 1.165) is 24.5 Å². The van der Waals surface area contributed by atoms with E-state index in [0.29, 0.717) is 23.6 Å². The molecule has 0 bridgehead atoms. The van der Waals surface area contributed by atoms with Crippen molar-refractivity contribution in [3.05, 3.63) is 47.7 Å². The summed E-state index contributed by atoms with van der Waals surface area (Å²) in [5.41, 5.74) is 1.47. The fourth-order valence-corrected chi connectivity index (χ4v) is 3.48. The van der Waals surface area contributed by atoms with Crippen LogP contribution in [0.5, 0.6) is 11.5 Å². The minimum absolute atomic E-state index is 0.0432. The van der Waals surface area contributed by atoms with Gasteiger partial charge in [-0.15, -0.1) is 0 Å². The number of nitrogens with zero attached hydrogens (tertiary/aromatic N) is 2. The Hall–Kier alpha value is -3.00. The molecule has 0 saturated carbocycles. The molecule has 8 heteroatoms. The highest BCUT2D eigenvalue weighted by molar-refractivity contribution is 5.73. The monoisotopic (exact) mass is 414 g/mol. The van der Waals surface area contributed by atoms with E-state index in [-0.39, 0.29) is 12.6 Å². The number of aromatic nitrogens is 1. The fourth-order valence-electron chi connectivity index (χ4n) is 3.48. The predicted molar refractivity (Wildman–Crippen MR) is 115 cm³/mol. The van der Waals surface area contributed by atoms with Crippen molar-refractivity contribution in [3.8, 4) is 11.5 Å². The smallest absolute Gasteiger partial charge is 0.315 e. The molecule has 3 rings (SSSR count). The lowest BCUT2D eigenvalue weighted by Crippen LogP contribution is -2.37. The van der Waals surface area contributed by atoms with Crippen LogP contribution in [0.15, 0.2) is 36.5 Å². The summed E-state index contributed by atoms with van der Waals surface area (Å²) in [6.07, 6.45) is 4.57. The summed E-state index contributed by atoms with van der Waals surface area (Å²) in [6, 6.07) is 8.78. The SMILES string of the molecule is COc1ccc(OC)c(C(O)CNC(=O)NCc2ccc(N3CCCCC3)nc2)c1. The third-order valence-corrected chi connectivity index (χ3v) is 5.19. The number of anilines is 1. The van der Waals surface area contributed by atoms with Gasteiger partial charge in [-0.3, -0.25) is 0 Å². The van der Waals surface area contributed by atoms with Crippen molar-refractivity contribution in [2.75, 3.05) is 38.8 Å². The number of amides is 2. The largest absolute Gasteiger partial charge is 0.497 e. The summed E-state index contributed by atoms with van der Waals surface area (Å²) in [7, 11) is 3.08. The lowest BCUT2D eigenvalue weighted by atomic mass is 10.1. The number of nitrogens with one attached hydrogen (secondary N) is 2. The number of hydrogen-bond donors (Lipinski definition) is 3. The van der Waals surface area contributed by atoms with Crippen LogP contribution in [-0.2, 0) is 6.54 Å². The molecular weight excluding hydrogens is 384 g/mol. The maximum atomic E-state index is 12.1. The van der Waals surface area contributed by atoms with Gasteiger partial charge < -0.3 is 30.1 Å². The molecule has 1 aromatic heterocycles. The topological polar surface area (TPSA) is 95.9 Å². The maximum Gasteiger partial charge on any atom is 0.315 e. The van der Waals surface area contributed by atoms with Gasteiger partial charge in [0.05, 0.1) is 14.2 Å². The van der Waals surface area contributed by atoms with E-state index in [2.05, 4.69) is 20.5 Å². The van der Waals surface area contributed by atoms with Crippen molar-refractivity contribution in [1.29, 1.82) is 0 Å². The second-order valence-corrected chi connectivity index (χ2v) is 7.26. The average molecular weight is 415 g/mol. The van der Waals surface area contributed by atoms with Crippen molar-refractivity contribution in [2.24, 2.45) is 0 Å². The van der Waals surface area contributed by atoms with Gasteiger partial charge in [0.15, 0.2) is 0 Å². The molecule has 1 unspecified atom stereocenters. The average Bonchev–Trinajstić information content (AvgIpc) is 2.81. The van der Waals surface area contributed by atoms with Crippen LogP contribution in [0.4, 0.5) is 10.6 Å². The van der Waals surface area contributed by atoms with E-state index >= 15 is 0 Å². The molecule has 1 saturated heterocycles. The molecule has 8 nitrogen and oxygen atoms in total. The van der Waals surface area contributed by atoms with Crippen LogP contribution < -0.4 is 25.0 Å². The summed E-state index contributed by atoms with van der Waals surface area (Å²) >= 11 is 0. The lowest BCUT2D eigenvalue weighted by molar-refractivity contribution is 0.169. The number of hydrogen-bond acceptors (Lipinski definition) is 6. The molecule has 1 aliphatic heterocycles. The van der Waals surface area contributed by atoms with Gasteiger partial charge in [-0.1, -0.05) is 6.07 Å². The molecular formula is C22H30N4O4. The summed E-state index contributed by atoms with van der Waals surface area (Å²) in [5.74, 6) is 2.12. The molecule has 1 fully saturated rings. The quantitative estimate of drug-likeness (QED) is 0.615. The van der Waals surface area contributed by atoms with Gasteiger partial charge >= 0.3 is 6.03 Å². The highest BCUT2D eigenvalue weighted by Gasteiger charge is 2.16. The van der Waals surface area contributed by atoms with Crippen molar-refractivity contribution in [2.45, 2.75) is 31.9 Å². The number of aliphatic hydroxyl groups excluding tert-OH is 1. The van der Waals surface area contributed by atoms with Gasteiger partial charge in [-0.05, 0) is 49.1 Å². The van der Waals surface area contributed by atoms with Crippen molar-refractivity contribution in [1.82, 2.24) is 15.6 Å². The first-order chi connectivity index (χ1) is 14.6. The molecule has 2 aromatic rings. The Kier molecular flexibility index (Phi) is 7.73. The Morgan fingerprint density at radius 3 is 2.60 bits per heavy atom. The van der Waals surface area contributed by atoms with Crippen LogP contribution >= 0.6 is 0 Å². The Morgan fingerprint density at radius 1 is 1.13 bits per heavy atom. The summed E-state index contributed by atoms with van der Waals surface area (Å²) in [6.45, 7) is 2.50. The molecule has 2 heterocycles. The highest BCUT2D eigenvalue weighted by Crippen LogP contribution is 2.29. The fraction of sp³-hybridized carbons (Fsp3) is 0.455. The number of rotatable bonds is 8. The van der Waals surface area contributed by atoms with Crippen molar-refractivity contribution < 1.29 is 19.4 Å². The van der Waals surface area contributed by atoms with Gasteiger partial charge in [0.2, 0.25) is 0 Å². The van der Waals surface area contributed by atoms with E-state index in [4.69, 9.17) is 9.47 Å². The van der Waals surface area contributed by atoms with Crippen molar-refractivity contribution >= 4 is 11.8 Å². The third-order valence-electron chi connectivity index (χ3n) is 5.19. The van der Waals surface area contributed by atoms with Crippen molar-refractivity contribution in [3.63, 3.8) is 0 Å². The number of pyridine rings is 1. The first kappa shape index (κ1) is 21.7. The second-order valence-electron chi connectivity index (χ2n) is 7.26. The number of aliphatic hydroxyl groups is 1. The van der Waals surface area contributed by atoms with Gasteiger partial charge in [0, 0.05) is 37.9 Å². The number of urea groups is 1. The lowest BCUT2D eigenvalue weighted by Gasteiger charge is -2.27. The Morgan fingerprint density at radius 2 is 1.93 bits per heavy atom. The minimum atomic E-state index is -0.925. The normalized spacial score (nSPS) is 14.7. The summed E-state index contributed by atoms with van der Waals surface area (Å²) in [5, 5.41) is 15.9. The molecule has 1 aliphatic rings. The Balaban J connectivity index is 1.47. The van der Waals surface area contributed by atoms with E-state index in [1.165, 1.54) is 26.4 Å². The maximum absolute atomic E-state index is 12.1. The Labute approximate surface area is 177 Å². The zero-order valence-corrected chi connectivity index (χ0v) is 17.6. The van der Waals surface area contributed by atoms with Gasteiger partial charge in [0.25, 0.3) is 0 Å². The molecule has 0 radical (unpaired) electrons. The third kappa shape index (κ3) is 5.76. The predicted octanol–water partition coefficient (Wildman–Crippen LogP) is 2.62. The molecule has 0 aliphatic carbocycles. The number of carbonyl (C=O) groups is 1. The number of ether oxygens (including phenoxy) is 2. The minimum Gasteiger partial charge on any atom is -0.497 e. The summed E-state index contributed by atoms with van der Waals surface area (Å²) in [4.78, 5) is 18.9. The number of benzene rings is 1. The standard InChI is InChI=1S/C22H30N4O4/c1-29-17-7-8-20(30-2)18(12-17)19(27)15-25-22(28)24-14-16-6-9-21(23-13-16)26-10-4-3-5-11-26/h6-9,12-13,19,27H,3-5,10-11,14-15H2,1-2H3,(H2,24,25,28). The first-order valence-corrected chi connectivity index (χ1v) is 10.2. The number of methoxy groups -OCH3 is 2. The molecule has 1 aromatic carbocycles. The zero-order valence-electron chi connectivity index (χ0n) is 17.6. The van der Waals surface area contributed by atoms with Crippen LogP contribution in [0, 0.1) is 0 Å². The molecule has 2 amide bonds. The highest BCUT2D eigenvalue weighted by atomic mass is 16.5. The van der Waals surface area contributed by atoms with E-state index < -0.39 is 6.10 Å². The van der Waals surface area contributed by atoms with Crippen LogP contribution in [0.2, 0.25) is 0 Å². The van der Waals surface area contributed by atoms with E-state index in [1.807, 2.05) is 12.1 Å². The van der Waals surface area contributed by atoms with Crippen LogP contribution in [0.3, 0.4) is 0 Å². The van der Waals surface area contributed by atoms with Gasteiger partial charge in [0.1, 0.15) is 23.4 Å². The molecule has 1 atom stereocenters. The zero-order chi connectivity index (χ0) is 21.3. The van der Waals surface area contributed by atoms with Gasteiger partial charge in [-0.25, -0.2) is 9.78 Å². The van der Waals surface area contributed by atoms with Crippen LogP contribution in [-0.4, -0.2) is 50.0 Å². The van der Waals surface area contributed by atoms with E-state index in [9.17, 15) is 9.90 Å². The van der Waals surface area contributed by atoms with Crippen LogP contribution in [0.1, 0.15) is 36.5 Å². The van der Waals surface area contributed by atoms with Gasteiger partial charge in [-0.2, -0.15) is 0 Å². The second kappa shape index (κ2) is 10.7. The molecule has 30 heavy (non-hydrogen) atoms. The Bertz CT molecular complexity index is 822. The molecule has 0 spiro atoms. The number of carbonyl (C=O) groups excluding carboxylic acids is 1. The van der Waals surface area contributed by atoms with Crippen LogP contribution in [0.25, 0.3) is 0 Å². The number of piperidine rings is 1.